The Morgan fingerprint density at radius 3 is 2.74 bits per heavy atom. The summed E-state index contributed by atoms with van der Waals surface area (Å²) in [5, 5.41) is 6.42. The van der Waals surface area contributed by atoms with Crippen molar-refractivity contribution in [1.29, 1.82) is 0 Å². The summed E-state index contributed by atoms with van der Waals surface area (Å²) < 4.78 is 0. The Kier molecular flexibility index (Phi) is 3.42. The second-order valence-corrected chi connectivity index (χ2v) is 5.53. The van der Waals surface area contributed by atoms with Gasteiger partial charge in [-0.2, -0.15) is 0 Å². The summed E-state index contributed by atoms with van der Waals surface area (Å²) in [6.07, 6.45) is 3.03. The SMILES string of the molecule is CC1Cc2ccccc2NC(=O)N1C1CCNCC1. The Bertz CT molecular complexity index is 468. The van der Waals surface area contributed by atoms with Crippen LogP contribution >= 0.6 is 0 Å². The number of carbonyl (C=O) groups excluding carboxylic acids is 1. The Morgan fingerprint density at radius 2 is 1.95 bits per heavy atom. The summed E-state index contributed by atoms with van der Waals surface area (Å²) in [6, 6.07) is 8.80. The predicted molar refractivity (Wildman–Crippen MR) is 76.4 cm³/mol. The fourth-order valence-corrected chi connectivity index (χ4v) is 3.23. The van der Waals surface area contributed by atoms with Gasteiger partial charge in [-0.05, 0) is 50.9 Å². The number of anilines is 1. The van der Waals surface area contributed by atoms with Gasteiger partial charge < -0.3 is 15.5 Å². The number of benzene rings is 1. The number of rotatable bonds is 1. The van der Waals surface area contributed by atoms with Gasteiger partial charge in [-0.25, -0.2) is 4.79 Å². The van der Waals surface area contributed by atoms with E-state index in [1.54, 1.807) is 0 Å². The molecule has 102 valence electrons. The zero-order chi connectivity index (χ0) is 13.2. The first-order chi connectivity index (χ1) is 9.25. The molecule has 2 amide bonds. The maximum absolute atomic E-state index is 12.5. The van der Waals surface area contributed by atoms with Crippen LogP contribution in [0.2, 0.25) is 0 Å². The molecule has 0 aromatic heterocycles. The molecule has 1 unspecified atom stereocenters. The van der Waals surface area contributed by atoms with E-state index in [1.165, 1.54) is 5.56 Å². The number of urea groups is 1. The van der Waals surface area contributed by atoms with E-state index in [0.29, 0.717) is 6.04 Å². The number of hydrogen-bond donors (Lipinski definition) is 2. The number of hydrogen-bond acceptors (Lipinski definition) is 2. The van der Waals surface area contributed by atoms with Crippen LogP contribution < -0.4 is 10.6 Å². The van der Waals surface area contributed by atoms with Crippen LogP contribution in [-0.4, -0.2) is 36.1 Å². The highest BCUT2D eigenvalue weighted by atomic mass is 16.2. The molecule has 0 radical (unpaired) electrons. The molecule has 1 saturated heterocycles. The zero-order valence-electron chi connectivity index (χ0n) is 11.4. The molecular formula is C15H21N3O. The molecule has 0 bridgehead atoms. The predicted octanol–water partition coefficient (Wildman–Crippen LogP) is 2.22. The highest BCUT2D eigenvalue weighted by molar-refractivity contribution is 5.91. The molecule has 1 aromatic rings. The smallest absolute Gasteiger partial charge is 0.318 e. The van der Waals surface area contributed by atoms with E-state index < -0.39 is 0 Å². The van der Waals surface area contributed by atoms with Crippen LogP contribution in [0, 0.1) is 0 Å². The third-order valence-corrected chi connectivity index (χ3v) is 4.19. The third-order valence-electron chi connectivity index (χ3n) is 4.19. The summed E-state index contributed by atoms with van der Waals surface area (Å²) >= 11 is 0. The lowest BCUT2D eigenvalue weighted by atomic mass is 10.0. The van der Waals surface area contributed by atoms with Crippen LogP contribution in [0.15, 0.2) is 24.3 Å². The molecule has 1 aromatic carbocycles. The fraction of sp³-hybridized carbons (Fsp3) is 0.533. The van der Waals surface area contributed by atoms with Crippen molar-refractivity contribution in [1.82, 2.24) is 10.2 Å². The minimum Gasteiger partial charge on any atom is -0.318 e. The molecule has 0 spiro atoms. The molecule has 0 saturated carbocycles. The Hall–Kier alpha value is -1.55. The van der Waals surface area contributed by atoms with Gasteiger partial charge in [0.2, 0.25) is 0 Å². The first-order valence-electron chi connectivity index (χ1n) is 7.13. The van der Waals surface area contributed by atoms with Gasteiger partial charge >= 0.3 is 6.03 Å². The molecule has 1 atom stereocenters. The molecule has 2 N–H and O–H groups in total. The van der Waals surface area contributed by atoms with Crippen molar-refractivity contribution in [2.45, 2.75) is 38.3 Å². The summed E-state index contributed by atoms with van der Waals surface area (Å²) in [4.78, 5) is 14.5. The van der Waals surface area contributed by atoms with Crippen molar-refractivity contribution in [2.75, 3.05) is 18.4 Å². The van der Waals surface area contributed by atoms with E-state index in [1.807, 2.05) is 18.2 Å². The Labute approximate surface area is 114 Å². The number of para-hydroxylation sites is 1. The van der Waals surface area contributed by atoms with Crippen molar-refractivity contribution in [3.05, 3.63) is 29.8 Å². The van der Waals surface area contributed by atoms with Gasteiger partial charge in [0.25, 0.3) is 0 Å². The summed E-state index contributed by atoms with van der Waals surface area (Å²) in [7, 11) is 0. The highest BCUT2D eigenvalue weighted by Gasteiger charge is 2.32. The van der Waals surface area contributed by atoms with Gasteiger partial charge in [0, 0.05) is 17.8 Å². The number of piperidine rings is 1. The van der Waals surface area contributed by atoms with Gasteiger partial charge in [-0.1, -0.05) is 18.2 Å². The third kappa shape index (κ3) is 2.45. The van der Waals surface area contributed by atoms with Crippen molar-refractivity contribution >= 4 is 11.7 Å². The minimum absolute atomic E-state index is 0.0596. The number of nitrogens with zero attached hydrogens (tertiary/aromatic N) is 1. The van der Waals surface area contributed by atoms with E-state index in [9.17, 15) is 4.79 Å². The monoisotopic (exact) mass is 259 g/mol. The maximum atomic E-state index is 12.5. The zero-order valence-corrected chi connectivity index (χ0v) is 11.4. The lowest BCUT2D eigenvalue weighted by Crippen LogP contribution is -2.51. The maximum Gasteiger partial charge on any atom is 0.322 e. The largest absolute Gasteiger partial charge is 0.322 e. The standard InChI is InChI=1S/C15H21N3O/c1-11-10-12-4-2-3-5-14(12)17-15(19)18(11)13-6-8-16-9-7-13/h2-5,11,13,16H,6-10H2,1H3,(H,17,19). The van der Waals surface area contributed by atoms with Crippen LogP contribution in [0.1, 0.15) is 25.3 Å². The molecule has 0 aliphatic carbocycles. The van der Waals surface area contributed by atoms with Crippen molar-refractivity contribution in [2.24, 2.45) is 0 Å². The van der Waals surface area contributed by atoms with Crippen molar-refractivity contribution in [3.63, 3.8) is 0 Å². The number of carbonyl (C=O) groups is 1. The molecule has 19 heavy (non-hydrogen) atoms. The molecule has 2 heterocycles. The number of amides is 2. The van der Waals surface area contributed by atoms with Crippen molar-refractivity contribution in [3.8, 4) is 0 Å². The molecule has 4 nitrogen and oxygen atoms in total. The lowest BCUT2D eigenvalue weighted by Gasteiger charge is -2.37. The first-order valence-corrected chi connectivity index (χ1v) is 7.13. The Balaban J connectivity index is 1.85. The topological polar surface area (TPSA) is 44.4 Å². The van der Waals surface area contributed by atoms with Crippen LogP contribution in [0.4, 0.5) is 10.5 Å². The Morgan fingerprint density at radius 1 is 1.21 bits per heavy atom. The highest BCUT2D eigenvalue weighted by Crippen LogP contribution is 2.26. The fourth-order valence-electron chi connectivity index (χ4n) is 3.23. The molecule has 2 aliphatic heterocycles. The second kappa shape index (κ2) is 5.21. The van der Waals surface area contributed by atoms with Crippen LogP contribution in [-0.2, 0) is 6.42 Å². The normalized spacial score (nSPS) is 24.6. The second-order valence-electron chi connectivity index (χ2n) is 5.53. The van der Waals surface area contributed by atoms with Crippen LogP contribution in [0.5, 0.6) is 0 Å². The molecule has 1 fully saturated rings. The molecule has 2 aliphatic rings. The van der Waals surface area contributed by atoms with Crippen LogP contribution in [0.25, 0.3) is 0 Å². The first kappa shape index (κ1) is 12.5. The average molecular weight is 259 g/mol. The number of nitrogens with one attached hydrogen (secondary N) is 2. The van der Waals surface area contributed by atoms with E-state index in [-0.39, 0.29) is 12.1 Å². The van der Waals surface area contributed by atoms with Gasteiger partial charge in [0.15, 0.2) is 0 Å². The van der Waals surface area contributed by atoms with Gasteiger partial charge in [-0.3, -0.25) is 0 Å². The van der Waals surface area contributed by atoms with E-state index in [2.05, 4.69) is 28.5 Å². The van der Waals surface area contributed by atoms with Gasteiger partial charge in [0.05, 0.1) is 0 Å². The summed E-state index contributed by atoms with van der Waals surface area (Å²) in [6.45, 7) is 4.17. The van der Waals surface area contributed by atoms with E-state index in [0.717, 1.165) is 38.0 Å². The van der Waals surface area contributed by atoms with Crippen LogP contribution in [0.3, 0.4) is 0 Å². The molecular weight excluding hydrogens is 238 g/mol. The van der Waals surface area contributed by atoms with Gasteiger partial charge in [-0.15, -0.1) is 0 Å². The van der Waals surface area contributed by atoms with E-state index >= 15 is 0 Å². The summed E-state index contributed by atoms with van der Waals surface area (Å²) in [5.41, 5.74) is 2.20. The van der Waals surface area contributed by atoms with Crippen molar-refractivity contribution < 1.29 is 4.79 Å². The van der Waals surface area contributed by atoms with Gasteiger partial charge in [0.1, 0.15) is 0 Å². The van der Waals surface area contributed by atoms with E-state index in [4.69, 9.17) is 0 Å². The molecule has 3 rings (SSSR count). The lowest BCUT2D eigenvalue weighted by molar-refractivity contribution is 0.144. The molecule has 4 heteroatoms. The summed E-state index contributed by atoms with van der Waals surface area (Å²) in [5.74, 6) is 0. The number of fused-ring (bicyclic) bond motifs is 1. The quantitative estimate of drug-likeness (QED) is 0.812. The minimum atomic E-state index is 0.0596. The average Bonchev–Trinajstić information content (AvgIpc) is 2.54.